The van der Waals surface area contributed by atoms with Gasteiger partial charge >= 0.3 is 0 Å². The molecule has 0 rings (SSSR count). The van der Waals surface area contributed by atoms with Crippen LogP contribution >= 0.6 is 0 Å². The lowest BCUT2D eigenvalue weighted by Crippen LogP contribution is -2.15. The molecule has 3 N–H and O–H groups in total. The van der Waals surface area contributed by atoms with E-state index in [0.29, 0.717) is 6.54 Å². The van der Waals surface area contributed by atoms with E-state index in [1.165, 1.54) is 0 Å². The predicted octanol–water partition coefficient (Wildman–Crippen LogP) is 0.462. The standard InChI is InChI=1S/C8H14N2/c1-3-4-5-6-8(7-9)10-2/h6,10H,3,7,9H2,1-2H3/b8-6-. The normalized spacial score (nSPS) is 10.1. The molecule has 0 heterocycles. The lowest BCUT2D eigenvalue weighted by molar-refractivity contribution is 0.928. The van der Waals surface area contributed by atoms with Gasteiger partial charge in [0.15, 0.2) is 0 Å². The van der Waals surface area contributed by atoms with Crippen LogP contribution in [0.3, 0.4) is 0 Å². The molecule has 0 saturated heterocycles. The molecule has 0 aromatic carbocycles. The zero-order chi connectivity index (χ0) is 7.82. The van der Waals surface area contributed by atoms with Gasteiger partial charge in [-0.15, -0.1) is 0 Å². The highest BCUT2D eigenvalue weighted by molar-refractivity contribution is 5.20. The molecule has 0 fully saturated rings. The Labute approximate surface area is 62.5 Å². The lowest BCUT2D eigenvalue weighted by atomic mass is 10.4. The average molecular weight is 138 g/mol. The molecule has 0 aliphatic carbocycles. The van der Waals surface area contributed by atoms with Gasteiger partial charge in [-0.05, 0) is 0 Å². The smallest absolute Gasteiger partial charge is 0.0335 e. The summed E-state index contributed by atoms with van der Waals surface area (Å²) < 4.78 is 0. The van der Waals surface area contributed by atoms with Gasteiger partial charge in [0.1, 0.15) is 0 Å². The summed E-state index contributed by atoms with van der Waals surface area (Å²) in [7, 11) is 1.84. The highest BCUT2D eigenvalue weighted by atomic mass is 14.9. The van der Waals surface area contributed by atoms with Gasteiger partial charge in [-0.25, -0.2) is 0 Å². The minimum absolute atomic E-state index is 0.523. The van der Waals surface area contributed by atoms with Crippen LogP contribution in [0.15, 0.2) is 11.8 Å². The minimum Gasteiger partial charge on any atom is -0.390 e. The third-order valence-corrected chi connectivity index (χ3v) is 1.07. The first kappa shape index (κ1) is 9.06. The third kappa shape index (κ3) is 3.99. The highest BCUT2D eigenvalue weighted by Crippen LogP contribution is 1.80. The van der Waals surface area contributed by atoms with E-state index < -0.39 is 0 Å². The average Bonchev–Trinajstić information content (AvgIpc) is 1.99. The molecule has 56 valence electrons. The van der Waals surface area contributed by atoms with Crippen molar-refractivity contribution in [2.24, 2.45) is 5.73 Å². The number of nitrogens with one attached hydrogen (secondary N) is 1. The predicted molar refractivity (Wildman–Crippen MR) is 44.3 cm³/mol. The van der Waals surface area contributed by atoms with Crippen LogP contribution in [0.5, 0.6) is 0 Å². The van der Waals surface area contributed by atoms with Gasteiger partial charge in [0, 0.05) is 31.8 Å². The molecular weight excluding hydrogens is 124 g/mol. The quantitative estimate of drug-likeness (QED) is 0.544. The summed E-state index contributed by atoms with van der Waals surface area (Å²) in [4.78, 5) is 0. The maximum absolute atomic E-state index is 5.37. The maximum Gasteiger partial charge on any atom is 0.0335 e. The van der Waals surface area contributed by atoms with Crippen molar-refractivity contribution < 1.29 is 0 Å². The van der Waals surface area contributed by atoms with Crippen LogP contribution in [0.25, 0.3) is 0 Å². The third-order valence-electron chi connectivity index (χ3n) is 1.07. The Morgan fingerprint density at radius 2 is 2.40 bits per heavy atom. The lowest BCUT2D eigenvalue weighted by Gasteiger charge is -1.97. The molecule has 0 amide bonds. The summed E-state index contributed by atoms with van der Waals surface area (Å²) in [6.07, 6.45) is 2.70. The van der Waals surface area contributed by atoms with E-state index in [1.54, 1.807) is 0 Å². The van der Waals surface area contributed by atoms with Gasteiger partial charge in [-0.2, -0.15) is 0 Å². The van der Waals surface area contributed by atoms with Gasteiger partial charge in [-0.1, -0.05) is 18.8 Å². The SMILES string of the molecule is CCC#C/C=C(/CN)NC. The van der Waals surface area contributed by atoms with Gasteiger partial charge in [0.25, 0.3) is 0 Å². The van der Waals surface area contributed by atoms with E-state index in [-0.39, 0.29) is 0 Å². The van der Waals surface area contributed by atoms with Crippen LogP contribution < -0.4 is 11.1 Å². The number of hydrogen-bond donors (Lipinski definition) is 2. The van der Waals surface area contributed by atoms with Crippen molar-refractivity contribution in [1.29, 1.82) is 0 Å². The number of hydrogen-bond acceptors (Lipinski definition) is 2. The number of nitrogens with two attached hydrogens (primary N) is 1. The highest BCUT2D eigenvalue weighted by Gasteiger charge is 1.82. The molecule has 0 unspecified atom stereocenters. The number of allylic oxidation sites excluding steroid dienone is 1. The molecule has 10 heavy (non-hydrogen) atoms. The Hall–Kier alpha value is -0.940. The van der Waals surface area contributed by atoms with E-state index in [1.807, 2.05) is 20.0 Å². The molecule has 0 radical (unpaired) electrons. The summed E-state index contributed by atoms with van der Waals surface area (Å²) in [5.74, 6) is 5.81. The molecule has 0 aliphatic rings. The van der Waals surface area contributed by atoms with Crippen molar-refractivity contribution in [3.05, 3.63) is 11.8 Å². The summed E-state index contributed by atoms with van der Waals surface area (Å²) in [6.45, 7) is 2.54. The second-order valence-corrected chi connectivity index (χ2v) is 1.80. The van der Waals surface area contributed by atoms with E-state index in [2.05, 4.69) is 17.2 Å². The van der Waals surface area contributed by atoms with E-state index in [0.717, 1.165) is 12.1 Å². The Balaban J connectivity index is 3.85. The second-order valence-electron chi connectivity index (χ2n) is 1.80. The summed E-state index contributed by atoms with van der Waals surface area (Å²) in [6, 6.07) is 0. The Kier molecular flexibility index (Phi) is 5.60. The minimum atomic E-state index is 0.523. The summed E-state index contributed by atoms with van der Waals surface area (Å²) >= 11 is 0. The van der Waals surface area contributed by atoms with Crippen molar-refractivity contribution in [2.75, 3.05) is 13.6 Å². The summed E-state index contributed by atoms with van der Waals surface area (Å²) in [5, 5.41) is 2.94. The van der Waals surface area contributed by atoms with E-state index in [9.17, 15) is 0 Å². The van der Waals surface area contributed by atoms with Crippen molar-refractivity contribution in [3.8, 4) is 11.8 Å². The van der Waals surface area contributed by atoms with Crippen LogP contribution in [0.1, 0.15) is 13.3 Å². The zero-order valence-corrected chi connectivity index (χ0v) is 6.57. The van der Waals surface area contributed by atoms with Crippen LogP contribution in [0, 0.1) is 11.8 Å². The fraction of sp³-hybridized carbons (Fsp3) is 0.500. The number of likely N-dealkylation sites (N-methyl/N-ethyl adjacent to an activating group) is 1. The molecule has 2 nitrogen and oxygen atoms in total. The zero-order valence-electron chi connectivity index (χ0n) is 6.57. The largest absolute Gasteiger partial charge is 0.390 e. The van der Waals surface area contributed by atoms with E-state index in [4.69, 9.17) is 5.73 Å². The van der Waals surface area contributed by atoms with Crippen molar-refractivity contribution in [3.63, 3.8) is 0 Å². The Morgan fingerprint density at radius 1 is 1.70 bits per heavy atom. The maximum atomic E-state index is 5.37. The molecule has 0 atom stereocenters. The fourth-order valence-corrected chi connectivity index (χ4v) is 0.473. The first-order valence-electron chi connectivity index (χ1n) is 3.40. The summed E-state index contributed by atoms with van der Waals surface area (Å²) in [5.41, 5.74) is 6.34. The van der Waals surface area contributed by atoms with Crippen molar-refractivity contribution >= 4 is 0 Å². The topological polar surface area (TPSA) is 38.0 Å². The molecule has 0 spiro atoms. The second kappa shape index (κ2) is 6.18. The monoisotopic (exact) mass is 138 g/mol. The van der Waals surface area contributed by atoms with Gasteiger partial charge in [-0.3, -0.25) is 0 Å². The Bertz CT molecular complexity index is 154. The molecule has 0 aliphatic heterocycles. The first-order valence-corrected chi connectivity index (χ1v) is 3.40. The van der Waals surface area contributed by atoms with Gasteiger partial charge in [0.2, 0.25) is 0 Å². The number of rotatable bonds is 2. The molecule has 0 bridgehead atoms. The first-order chi connectivity index (χ1) is 4.85. The van der Waals surface area contributed by atoms with Crippen LogP contribution in [-0.4, -0.2) is 13.6 Å². The van der Waals surface area contributed by atoms with Crippen molar-refractivity contribution in [2.45, 2.75) is 13.3 Å². The van der Waals surface area contributed by atoms with Crippen molar-refractivity contribution in [1.82, 2.24) is 5.32 Å². The Morgan fingerprint density at radius 3 is 2.80 bits per heavy atom. The molecular formula is C8H14N2. The van der Waals surface area contributed by atoms with Gasteiger partial charge in [0.05, 0.1) is 0 Å². The molecule has 0 aromatic heterocycles. The van der Waals surface area contributed by atoms with Crippen LogP contribution in [0.2, 0.25) is 0 Å². The van der Waals surface area contributed by atoms with E-state index >= 15 is 0 Å². The fourth-order valence-electron chi connectivity index (χ4n) is 0.473. The van der Waals surface area contributed by atoms with Crippen LogP contribution in [0.4, 0.5) is 0 Å². The molecule has 0 saturated carbocycles. The molecule has 2 heteroatoms. The van der Waals surface area contributed by atoms with Gasteiger partial charge < -0.3 is 11.1 Å². The molecule has 0 aromatic rings. The van der Waals surface area contributed by atoms with Crippen LogP contribution in [-0.2, 0) is 0 Å².